The van der Waals surface area contributed by atoms with E-state index in [9.17, 15) is 9.50 Å². The van der Waals surface area contributed by atoms with Crippen molar-refractivity contribution in [2.45, 2.75) is 6.10 Å². The molecule has 2 aromatic carbocycles. The Labute approximate surface area is 123 Å². The number of benzene rings is 2. The first-order valence-electron chi connectivity index (χ1n) is 5.49. The van der Waals surface area contributed by atoms with Gasteiger partial charge in [0, 0.05) is 20.6 Å². The van der Waals surface area contributed by atoms with Crippen LogP contribution in [0.15, 0.2) is 40.9 Å². The predicted octanol–water partition coefficient (Wildman–Crippen LogP) is 4.33. The smallest absolute Gasteiger partial charge is 0.130 e. The standard InChI is InChI=1S/C14H11BrClFO2/c1-19-13-6-8(15)2-4-11(13)14(18)10-5-3-9(16)7-12(10)17/h2-7,14,18H,1H3. The van der Waals surface area contributed by atoms with Gasteiger partial charge in [-0.15, -0.1) is 0 Å². The SMILES string of the molecule is COc1cc(Br)ccc1C(O)c1ccc(Cl)cc1F. The molecule has 2 aromatic rings. The van der Waals surface area contributed by atoms with Gasteiger partial charge in [-0.2, -0.15) is 0 Å². The van der Waals surface area contributed by atoms with E-state index in [4.69, 9.17) is 16.3 Å². The van der Waals surface area contributed by atoms with Crippen molar-refractivity contribution in [2.75, 3.05) is 7.11 Å². The fourth-order valence-electron chi connectivity index (χ4n) is 1.80. The number of ether oxygens (including phenoxy) is 1. The zero-order valence-electron chi connectivity index (χ0n) is 10.0. The van der Waals surface area contributed by atoms with Crippen LogP contribution in [0, 0.1) is 5.82 Å². The van der Waals surface area contributed by atoms with Crippen molar-refractivity contribution in [1.29, 1.82) is 0 Å². The third-order valence-corrected chi connectivity index (χ3v) is 3.48. The molecule has 100 valence electrons. The van der Waals surface area contributed by atoms with Crippen LogP contribution < -0.4 is 4.74 Å². The summed E-state index contributed by atoms with van der Waals surface area (Å²) in [6.45, 7) is 0. The lowest BCUT2D eigenvalue weighted by atomic mass is 10.0. The lowest BCUT2D eigenvalue weighted by Gasteiger charge is -2.16. The Morgan fingerprint density at radius 2 is 1.89 bits per heavy atom. The van der Waals surface area contributed by atoms with Gasteiger partial charge in [-0.25, -0.2) is 4.39 Å². The largest absolute Gasteiger partial charge is 0.496 e. The molecule has 0 aliphatic carbocycles. The Bertz CT molecular complexity index is 604. The first-order chi connectivity index (χ1) is 9.02. The highest BCUT2D eigenvalue weighted by molar-refractivity contribution is 9.10. The summed E-state index contributed by atoms with van der Waals surface area (Å²) in [4.78, 5) is 0. The second-order valence-electron chi connectivity index (χ2n) is 3.95. The van der Waals surface area contributed by atoms with Crippen LogP contribution in [0.1, 0.15) is 17.2 Å². The highest BCUT2D eigenvalue weighted by Crippen LogP contribution is 2.33. The average Bonchev–Trinajstić information content (AvgIpc) is 2.37. The van der Waals surface area contributed by atoms with Crippen LogP contribution in [0.5, 0.6) is 5.75 Å². The summed E-state index contributed by atoms with van der Waals surface area (Å²) in [5.74, 6) is -0.0683. The maximum atomic E-state index is 13.8. The molecule has 0 aliphatic heterocycles. The minimum Gasteiger partial charge on any atom is -0.496 e. The number of methoxy groups -OCH3 is 1. The number of aliphatic hydroxyl groups is 1. The molecule has 0 fully saturated rings. The second kappa shape index (κ2) is 5.90. The van der Waals surface area contributed by atoms with Crippen LogP contribution >= 0.6 is 27.5 Å². The van der Waals surface area contributed by atoms with E-state index in [0.717, 1.165) is 4.47 Å². The van der Waals surface area contributed by atoms with E-state index in [1.807, 2.05) is 0 Å². The second-order valence-corrected chi connectivity index (χ2v) is 5.31. The molecule has 1 unspecified atom stereocenters. The van der Waals surface area contributed by atoms with E-state index in [1.54, 1.807) is 18.2 Å². The molecule has 1 N–H and O–H groups in total. The Morgan fingerprint density at radius 3 is 2.53 bits per heavy atom. The van der Waals surface area contributed by atoms with Crippen molar-refractivity contribution in [3.8, 4) is 5.75 Å². The lowest BCUT2D eigenvalue weighted by Crippen LogP contribution is -2.04. The summed E-state index contributed by atoms with van der Waals surface area (Å²) in [5.41, 5.74) is 0.650. The molecule has 0 amide bonds. The summed E-state index contributed by atoms with van der Waals surface area (Å²) >= 11 is 9.01. The van der Waals surface area contributed by atoms with Crippen molar-refractivity contribution >= 4 is 27.5 Å². The van der Waals surface area contributed by atoms with E-state index in [0.29, 0.717) is 11.3 Å². The van der Waals surface area contributed by atoms with Crippen molar-refractivity contribution in [3.63, 3.8) is 0 Å². The summed E-state index contributed by atoms with van der Waals surface area (Å²) in [6, 6.07) is 9.33. The monoisotopic (exact) mass is 344 g/mol. The number of aliphatic hydroxyl groups excluding tert-OH is 1. The average molecular weight is 346 g/mol. The van der Waals surface area contributed by atoms with Crippen molar-refractivity contribution in [1.82, 2.24) is 0 Å². The minimum atomic E-state index is -1.11. The van der Waals surface area contributed by atoms with E-state index in [2.05, 4.69) is 15.9 Å². The molecule has 19 heavy (non-hydrogen) atoms. The fourth-order valence-corrected chi connectivity index (χ4v) is 2.30. The number of rotatable bonds is 3. The molecular weight excluding hydrogens is 335 g/mol. The molecule has 0 saturated heterocycles. The van der Waals surface area contributed by atoms with E-state index in [-0.39, 0.29) is 10.6 Å². The summed E-state index contributed by atoms with van der Waals surface area (Å²) in [6.07, 6.45) is -1.11. The quantitative estimate of drug-likeness (QED) is 0.897. The van der Waals surface area contributed by atoms with Crippen LogP contribution in [0.3, 0.4) is 0 Å². The van der Waals surface area contributed by atoms with Gasteiger partial charge in [0.15, 0.2) is 0 Å². The summed E-state index contributed by atoms with van der Waals surface area (Å²) < 4.78 is 19.8. The third-order valence-electron chi connectivity index (χ3n) is 2.75. The van der Waals surface area contributed by atoms with Gasteiger partial charge in [0.1, 0.15) is 17.7 Å². The van der Waals surface area contributed by atoms with Crippen LogP contribution in [0.4, 0.5) is 4.39 Å². The normalized spacial score (nSPS) is 12.3. The van der Waals surface area contributed by atoms with Crippen LogP contribution in [0.2, 0.25) is 5.02 Å². The van der Waals surface area contributed by atoms with Gasteiger partial charge >= 0.3 is 0 Å². The molecule has 2 nitrogen and oxygen atoms in total. The Hall–Kier alpha value is -1.10. The first-order valence-corrected chi connectivity index (χ1v) is 6.66. The van der Waals surface area contributed by atoms with Crippen LogP contribution in [-0.4, -0.2) is 12.2 Å². The van der Waals surface area contributed by atoms with Gasteiger partial charge in [-0.3, -0.25) is 0 Å². The van der Waals surface area contributed by atoms with E-state index < -0.39 is 11.9 Å². The molecule has 5 heteroatoms. The van der Waals surface area contributed by atoms with E-state index in [1.165, 1.54) is 25.3 Å². The molecule has 2 rings (SSSR count). The van der Waals surface area contributed by atoms with Gasteiger partial charge in [0.25, 0.3) is 0 Å². The molecule has 0 bridgehead atoms. The zero-order valence-corrected chi connectivity index (χ0v) is 12.4. The number of hydrogen-bond acceptors (Lipinski definition) is 2. The topological polar surface area (TPSA) is 29.5 Å². The number of hydrogen-bond donors (Lipinski definition) is 1. The maximum absolute atomic E-state index is 13.8. The Balaban J connectivity index is 2.46. The van der Waals surface area contributed by atoms with Crippen molar-refractivity contribution < 1.29 is 14.2 Å². The molecule has 1 atom stereocenters. The predicted molar refractivity (Wildman–Crippen MR) is 76.2 cm³/mol. The highest BCUT2D eigenvalue weighted by Gasteiger charge is 2.19. The van der Waals surface area contributed by atoms with Crippen molar-refractivity contribution in [3.05, 3.63) is 62.8 Å². The van der Waals surface area contributed by atoms with Gasteiger partial charge in [0.05, 0.1) is 7.11 Å². The van der Waals surface area contributed by atoms with E-state index >= 15 is 0 Å². The molecular formula is C14H11BrClFO2. The molecule has 0 aliphatic rings. The molecule has 0 heterocycles. The van der Waals surface area contributed by atoms with Crippen LogP contribution in [-0.2, 0) is 0 Å². The van der Waals surface area contributed by atoms with Gasteiger partial charge in [-0.05, 0) is 24.3 Å². The first kappa shape index (κ1) is 14.3. The lowest BCUT2D eigenvalue weighted by molar-refractivity contribution is 0.209. The zero-order chi connectivity index (χ0) is 14.0. The fraction of sp³-hybridized carbons (Fsp3) is 0.143. The molecule has 0 radical (unpaired) electrons. The maximum Gasteiger partial charge on any atom is 0.130 e. The van der Waals surface area contributed by atoms with Gasteiger partial charge in [-0.1, -0.05) is 39.7 Å². The Morgan fingerprint density at radius 1 is 1.21 bits per heavy atom. The molecule has 0 spiro atoms. The third kappa shape index (κ3) is 3.08. The van der Waals surface area contributed by atoms with Gasteiger partial charge < -0.3 is 9.84 Å². The van der Waals surface area contributed by atoms with Crippen LogP contribution in [0.25, 0.3) is 0 Å². The summed E-state index contributed by atoms with van der Waals surface area (Å²) in [7, 11) is 1.50. The minimum absolute atomic E-state index is 0.157. The highest BCUT2D eigenvalue weighted by atomic mass is 79.9. The summed E-state index contributed by atoms with van der Waals surface area (Å²) in [5, 5.41) is 10.6. The van der Waals surface area contributed by atoms with Crippen molar-refractivity contribution in [2.24, 2.45) is 0 Å². The number of halogens is 3. The molecule has 0 aromatic heterocycles. The molecule has 0 saturated carbocycles. The Kier molecular flexibility index (Phi) is 4.45. The van der Waals surface area contributed by atoms with Gasteiger partial charge in [0.2, 0.25) is 0 Å².